The Morgan fingerprint density at radius 3 is 2.81 bits per heavy atom. The fourth-order valence-electron chi connectivity index (χ4n) is 3.34. The maximum atomic E-state index is 12.6. The molecular formula is C20H26N2O3S. The van der Waals surface area contributed by atoms with Crippen LogP contribution < -0.4 is 5.32 Å². The molecule has 2 amide bonds. The van der Waals surface area contributed by atoms with E-state index < -0.39 is 12.0 Å². The Balaban J connectivity index is 1.50. The number of aliphatic hydroxyl groups excluding tert-OH is 1. The molecule has 0 spiro atoms. The summed E-state index contributed by atoms with van der Waals surface area (Å²) in [6, 6.07) is 8.03. The molecule has 0 radical (unpaired) electrons. The topological polar surface area (TPSA) is 69.6 Å². The molecule has 6 heteroatoms. The standard InChI is InChI=1S/C20H26N2O3S/c1-14(19(24)21-10-8-17-7-4-12-26-17)18(23)20(25)22-11-9-15-5-2-3-6-16(15)13-22/h2-3,5-7,14,18,23H,4,8-13H2,1H3,(H,21,24)/t14-,18-/m1/s1. The molecule has 2 aliphatic heterocycles. The fraction of sp³-hybridized carbons (Fsp3) is 0.500. The molecule has 1 aromatic carbocycles. The number of carbonyl (C=O) groups is 2. The first-order chi connectivity index (χ1) is 12.6. The molecule has 0 saturated heterocycles. The molecule has 26 heavy (non-hydrogen) atoms. The summed E-state index contributed by atoms with van der Waals surface area (Å²) in [6.45, 7) is 3.22. The van der Waals surface area contributed by atoms with Crippen LogP contribution in [0, 0.1) is 5.92 Å². The Morgan fingerprint density at radius 1 is 1.31 bits per heavy atom. The Hall–Kier alpha value is -1.79. The van der Waals surface area contributed by atoms with Crippen molar-refractivity contribution < 1.29 is 14.7 Å². The molecule has 0 aliphatic carbocycles. The molecule has 0 unspecified atom stereocenters. The molecule has 1 aromatic rings. The van der Waals surface area contributed by atoms with Crippen molar-refractivity contribution in [2.45, 2.75) is 38.8 Å². The van der Waals surface area contributed by atoms with Crippen LogP contribution >= 0.6 is 11.8 Å². The molecule has 0 aromatic heterocycles. The van der Waals surface area contributed by atoms with Crippen LogP contribution in [0.1, 0.15) is 30.9 Å². The number of nitrogens with one attached hydrogen (secondary N) is 1. The summed E-state index contributed by atoms with van der Waals surface area (Å²) < 4.78 is 0. The molecule has 2 atom stereocenters. The second kappa shape index (κ2) is 8.73. The van der Waals surface area contributed by atoms with Gasteiger partial charge in [0.1, 0.15) is 6.10 Å². The lowest BCUT2D eigenvalue weighted by molar-refractivity contribution is -0.148. The van der Waals surface area contributed by atoms with E-state index in [-0.39, 0.29) is 11.8 Å². The van der Waals surface area contributed by atoms with Gasteiger partial charge in [0.15, 0.2) is 0 Å². The lowest BCUT2D eigenvalue weighted by Crippen LogP contribution is -2.48. The number of amides is 2. The van der Waals surface area contributed by atoms with Crippen LogP contribution in [0.4, 0.5) is 0 Å². The summed E-state index contributed by atoms with van der Waals surface area (Å²) >= 11 is 1.83. The van der Waals surface area contributed by atoms with E-state index in [4.69, 9.17) is 0 Å². The first-order valence-electron chi connectivity index (χ1n) is 9.19. The van der Waals surface area contributed by atoms with Gasteiger partial charge in [0, 0.05) is 25.4 Å². The predicted octanol–water partition coefficient (Wildman–Crippen LogP) is 2.10. The largest absolute Gasteiger partial charge is 0.382 e. The maximum absolute atomic E-state index is 12.6. The van der Waals surface area contributed by atoms with Gasteiger partial charge in [-0.2, -0.15) is 0 Å². The summed E-state index contributed by atoms with van der Waals surface area (Å²) in [6.07, 6.45) is 3.59. The third-order valence-electron chi connectivity index (χ3n) is 5.03. The highest BCUT2D eigenvalue weighted by atomic mass is 32.2. The predicted molar refractivity (Wildman–Crippen MR) is 104 cm³/mol. The zero-order valence-corrected chi connectivity index (χ0v) is 15.9. The number of nitrogens with zero attached hydrogens (tertiary/aromatic N) is 1. The van der Waals surface area contributed by atoms with Gasteiger partial charge in [0.25, 0.3) is 5.91 Å². The first kappa shape index (κ1) is 19.0. The number of rotatable bonds is 6. The van der Waals surface area contributed by atoms with Crippen LogP contribution in [-0.2, 0) is 22.6 Å². The van der Waals surface area contributed by atoms with E-state index in [1.54, 1.807) is 11.8 Å². The Labute approximate surface area is 158 Å². The van der Waals surface area contributed by atoms with Crippen LogP contribution in [0.15, 0.2) is 35.2 Å². The van der Waals surface area contributed by atoms with Crippen molar-refractivity contribution in [1.29, 1.82) is 0 Å². The second-order valence-corrected chi connectivity index (χ2v) is 8.08. The number of benzene rings is 1. The van der Waals surface area contributed by atoms with E-state index in [2.05, 4.69) is 17.5 Å². The lowest BCUT2D eigenvalue weighted by atomic mass is 9.97. The van der Waals surface area contributed by atoms with Crippen molar-refractivity contribution in [3.63, 3.8) is 0 Å². The second-order valence-electron chi connectivity index (χ2n) is 6.86. The van der Waals surface area contributed by atoms with Crippen LogP contribution in [0.2, 0.25) is 0 Å². The Kier molecular flexibility index (Phi) is 6.38. The number of carbonyl (C=O) groups excluding carboxylic acids is 2. The smallest absolute Gasteiger partial charge is 0.252 e. The fourth-order valence-corrected chi connectivity index (χ4v) is 4.32. The van der Waals surface area contributed by atoms with Crippen LogP contribution in [0.5, 0.6) is 0 Å². The molecular weight excluding hydrogens is 348 g/mol. The van der Waals surface area contributed by atoms with Gasteiger partial charge < -0.3 is 15.3 Å². The zero-order chi connectivity index (χ0) is 18.5. The van der Waals surface area contributed by atoms with E-state index in [9.17, 15) is 14.7 Å². The summed E-state index contributed by atoms with van der Waals surface area (Å²) in [5.74, 6) is -0.278. The SMILES string of the molecule is C[C@@H](C(=O)NCCC1=CCCS1)[C@@H](O)C(=O)N1CCc2ccccc2C1. The maximum Gasteiger partial charge on any atom is 0.252 e. The van der Waals surface area contributed by atoms with Crippen molar-refractivity contribution in [2.24, 2.45) is 5.92 Å². The number of fused-ring (bicyclic) bond motifs is 1. The van der Waals surface area contributed by atoms with E-state index in [0.29, 0.717) is 19.6 Å². The van der Waals surface area contributed by atoms with Crippen molar-refractivity contribution >= 4 is 23.6 Å². The van der Waals surface area contributed by atoms with Gasteiger partial charge in [-0.05, 0) is 35.3 Å². The van der Waals surface area contributed by atoms with Crippen LogP contribution in [0.3, 0.4) is 0 Å². The third-order valence-corrected chi connectivity index (χ3v) is 6.21. The number of hydrogen-bond donors (Lipinski definition) is 2. The highest BCUT2D eigenvalue weighted by Gasteiger charge is 2.32. The number of hydrogen-bond acceptors (Lipinski definition) is 4. The first-order valence-corrected chi connectivity index (χ1v) is 10.2. The van der Waals surface area contributed by atoms with Gasteiger partial charge >= 0.3 is 0 Å². The average Bonchev–Trinajstić information content (AvgIpc) is 3.19. The number of allylic oxidation sites excluding steroid dienone is 1. The van der Waals surface area contributed by atoms with Gasteiger partial charge in [-0.25, -0.2) is 0 Å². The minimum absolute atomic E-state index is 0.271. The van der Waals surface area contributed by atoms with Crippen molar-refractivity contribution in [3.8, 4) is 0 Å². The molecule has 2 heterocycles. The van der Waals surface area contributed by atoms with E-state index in [1.807, 2.05) is 30.0 Å². The number of thioether (sulfide) groups is 1. The van der Waals surface area contributed by atoms with Gasteiger partial charge in [-0.15, -0.1) is 11.8 Å². The molecule has 0 bridgehead atoms. The third kappa shape index (κ3) is 4.48. The molecule has 140 valence electrons. The van der Waals surface area contributed by atoms with E-state index >= 15 is 0 Å². The molecule has 0 fully saturated rings. The Morgan fingerprint density at radius 2 is 2.08 bits per heavy atom. The van der Waals surface area contributed by atoms with E-state index in [0.717, 1.165) is 30.6 Å². The highest BCUT2D eigenvalue weighted by Crippen LogP contribution is 2.26. The monoisotopic (exact) mass is 374 g/mol. The van der Waals surface area contributed by atoms with Crippen molar-refractivity contribution in [1.82, 2.24) is 10.2 Å². The van der Waals surface area contributed by atoms with Gasteiger partial charge in [0.05, 0.1) is 5.92 Å². The minimum atomic E-state index is -1.31. The molecule has 2 N–H and O–H groups in total. The van der Waals surface area contributed by atoms with Crippen molar-refractivity contribution in [2.75, 3.05) is 18.8 Å². The normalized spacial score (nSPS) is 18.7. The van der Waals surface area contributed by atoms with Gasteiger partial charge in [0.2, 0.25) is 5.91 Å². The minimum Gasteiger partial charge on any atom is -0.382 e. The summed E-state index contributed by atoms with van der Waals surface area (Å²) in [5.41, 5.74) is 2.36. The average molecular weight is 375 g/mol. The molecule has 2 aliphatic rings. The van der Waals surface area contributed by atoms with Gasteiger partial charge in [-0.3, -0.25) is 9.59 Å². The van der Waals surface area contributed by atoms with E-state index in [1.165, 1.54) is 10.5 Å². The summed E-state index contributed by atoms with van der Waals surface area (Å²) in [4.78, 5) is 27.9. The van der Waals surface area contributed by atoms with Crippen LogP contribution in [-0.4, -0.2) is 46.8 Å². The molecule has 3 rings (SSSR count). The Bertz CT molecular complexity index is 704. The number of aliphatic hydroxyl groups is 1. The molecule has 0 saturated carbocycles. The van der Waals surface area contributed by atoms with Gasteiger partial charge in [-0.1, -0.05) is 37.3 Å². The zero-order valence-electron chi connectivity index (χ0n) is 15.1. The highest BCUT2D eigenvalue weighted by molar-refractivity contribution is 8.03. The lowest BCUT2D eigenvalue weighted by Gasteiger charge is -2.31. The quantitative estimate of drug-likeness (QED) is 0.800. The van der Waals surface area contributed by atoms with Crippen molar-refractivity contribution in [3.05, 3.63) is 46.4 Å². The summed E-state index contributed by atoms with van der Waals surface area (Å²) in [7, 11) is 0. The molecule has 5 nitrogen and oxygen atoms in total. The summed E-state index contributed by atoms with van der Waals surface area (Å²) in [5, 5.41) is 13.2. The van der Waals surface area contributed by atoms with Crippen LogP contribution in [0.25, 0.3) is 0 Å².